The van der Waals surface area contributed by atoms with Gasteiger partial charge in [-0.3, -0.25) is 0 Å². The van der Waals surface area contributed by atoms with Crippen LogP contribution in [0.4, 0.5) is 0 Å². The molecule has 2 heteroatoms. The van der Waals surface area contributed by atoms with E-state index in [0.717, 1.165) is 11.3 Å². The molecule has 1 unspecified atom stereocenters. The molecule has 0 aliphatic heterocycles. The molecule has 0 saturated carbocycles. The van der Waals surface area contributed by atoms with Crippen molar-refractivity contribution in [2.45, 2.75) is 33.2 Å². The van der Waals surface area contributed by atoms with Crippen molar-refractivity contribution in [1.82, 2.24) is 0 Å². The van der Waals surface area contributed by atoms with Gasteiger partial charge in [0.25, 0.3) is 0 Å². The molecule has 0 saturated heterocycles. The normalized spacial score (nSPS) is 12.5. The van der Waals surface area contributed by atoms with Crippen molar-refractivity contribution < 1.29 is 9.47 Å². The van der Waals surface area contributed by atoms with Gasteiger partial charge < -0.3 is 9.47 Å². The molecule has 0 fully saturated rings. The van der Waals surface area contributed by atoms with Gasteiger partial charge in [-0.05, 0) is 38.5 Å². The Morgan fingerprint density at radius 2 is 1.73 bits per heavy atom. The van der Waals surface area contributed by atoms with E-state index in [0.29, 0.717) is 0 Å². The van der Waals surface area contributed by atoms with Gasteiger partial charge in [0, 0.05) is 0 Å². The quantitative estimate of drug-likeness (QED) is 0.687. The van der Waals surface area contributed by atoms with Crippen molar-refractivity contribution in [3.05, 3.63) is 36.4 Å². The highest BCUT2D eigenvalue weighted by Crippen LogP contribution is 2.15. The predicted octanol–water partition coefficient (Wildman–Crippen LogP) is 3.48. The van der Waals surface area contributed by atoms with Crippen LogP contribution in [0.25, 0.3) is 6.08 Å². The fraction of sp³-hybridized carbons (Fsp3) is 0.385. The topological polar surface area (TPSA) is 18.5 Å². The number of ether oxygens (including phenoxy) is 2. The van der Waals surface area contributed by atoms with Crippen LogP contribution in [0.1, 0.15) is 26.3 Å². The summed E-state index contributed by atoms with van der Waals surface area (Å²) in [6.07, 6.45) is 1.75. The monoisotopic (exact) mass is 206 g/mol. The molecule has 0 bridgehead atoms. The summed E-state index contributed by atoms with van der Waals surface area (Å²) in [6.45, 7) is 9.56. The van der Waals surface area contributed by atoms with Crippen molar-refractivity contribution in [3.8, 4) is 5.75 Å². The second kappa shape index (κ2) is 5.56. The first kappa shape index (κ1) is 11.8. The summed E-state index contributed by atoms with van der Waals surface area (Å²) in [5.41, 5.74) is 1.08. The highest BCUT2D eigenvalue weighted by atomic mass is 16.7. The van der Waals surface area contributed by atoms with Crippen LogP contribution in [0.2, 0.25) is 0 Å². The second-order valence-corrected chi connectivity index (χ2v) is 3.64. The van der Waals surface area contributed by atoms with E-state index >= 15 is 0 Å². The largest absolute Gasteiger partial charge is 0.465 e. The zero-order valence-corrected chi connectivity index (χ0v) is 9.57. The van der Waals surface area contributed by atoms with Gasteiger partial charge in [-0.15, -0.1) is 0 Å². The summed E-state index contributed by atoms with van der Waals surface area (Å²) in [4.78, 5) is 0. The van der Waals surface area contributed by atoms with E-state index in [9.17, 15) is 0 Å². The van der Waals surface area contributed by atoms with Crippen LogP contribution in [-0.2, 0) is 4.74 Å². The summed E-state index contributed by atoms with van der Waals surface area (Å²) < 4.78 is 11.0. The van der Waals surface area contributed by atoms with Crippen LogP contribution in [-0.4, -0.2) is 12.4 Å². The third-order valence-electron chi connectivity index (χ3n) is 1.88. The molecule has 0 aliphatic carbocycles. The molecule has 1 rings (SSSR count). The molecule has 15 heavy (non-hydrogen) atoms. The lowest BCUT2D eigenvalue weighted by Gasteiger charge is -2.17. The van der Waals surface area contributed by atoms with Crippen molar-refractivity contribution in [2.75, 3.05) is 0 Å². The Morgan fingerprint density at radius 3 is 2.20 bits per heavy atom. The minimum Gasteiger partial charge on any atom is -0.465 e. The van der Waals surface area contributed by atoms with Crippen LogP contribution >= 0.6 is 0 Å². The molecule has 0 spiro atoms. The number of hydrogen-bond donors (Lipinski definition) is 0. The van der Waals surface area contributed by atoms with E-state index in [2.05, 4.69) is 6.58 Å². The zero-order chi connectivity index (χ0) is 11.3. The molecule has 82 valence electrons. The fourth-order valence-electron chi connectivity index (χ4n) is 1.29. The molecule has 0 amide bonds. The Bertz CT molecular complexity index is 301. The van der Waals surface area contributed by atoms with Crippen molar-refractivity contribution in [3.63, 3.8) is 0 Å². The third kappa shape index (κ3) is 4.17. The lowest BCUT2D eigenvalue weighted by Crippen LogP contribution is -2.20. The molecular weight excluding hydrogens is 188 g/mol. The Kier molecular flexibility index (Phi) is 4.37. The minimum atomic E-state index is -0.223. The van der Waals surface area contributed by atoms with Crippen molar-refractivity contribution in [1.29, 1.82) is 0 Å². The average Bonchev–Trinajstić information content (AvgIpc) is 2.17. The van der Waals surface area contributed by atoms with E-state index in [-0.39, 0.29) is 12.4 Å². The highest BCUT2D eigenvalue weighted by molar-refractivity contribution is 5.48. The first-order valence-electron chi connectivity index (χ1n) is 5.16. The molecule has 0 heterocycles. The van der Waals surface area contributed by atoms with E-state index in [4.69, 9.17) is 9.47 Å². The van der Waals surface area contributed by atoms with Crippen molar-refractivity contribution in [2.24, 2.45) is 0 Å². The Labute approximate surface area is 91.5 Å². The molecule has 1 aromatic carbocycles. The zero-order valence-electron chi connectivity index (χ0n) is 9.57. The summed E-state index contributed by atoms with van der Waals surface area (Å²) >= 11 is 0. The van der Waals surface area contributed by atoms with Gasteiger partial charge in [0.2, 0.25) is 0 Å². The van der Waals surface area contributed by atoms with Gasteiger partial charge in [0.05, 0.1) is 6.10 Å². The van der Waals surface area contributed by atoms with E-state index in [1.165, 1.54) is 0 Å². The van der Waals surface area contributed by atoms with E-state index < -0.39 is 0 Å². The standard InChI is InChI=1S/C13H18O2/c1-5-12-6-8-13(9-7-12)15-11(4)14-10(2)3/h5-11H,1H2,2-4H3. The first-order chi connectivity index (χ1) is 7.11. The van der Waals surface area contributed by atoms with Gasteiger partial charge in [-0.2, -0.15) is 0 Å². The predicted molar refractivity (Wildman–Crippen MR) is 62.8 cm³/mol. The summed E-state index contributed by atoms with van der Waals surface area (Å²) in [7, 11) is 0. The molecular formula is C13H18O2. The maximum atomic E-state index is 5.57. The average molecular weight is 206 g/mol. The molecule has 0 N–H and O–H groups in total. The van der Waals surface area contributed by atoms with Crippen LogP contribution in [0.15, 0.2) is 30.8 Å². The maximum Gasteiger partial charge on any atom is 0.197 e. The summed E-state index contributed by atoms with van der Waals surface area (Å²) in [5.74, 6) is 0.814. The molecule has 0 aromatic heterocycles. The lowest BCUT2D eigenvalue weighted by atomic mass is 10.2. The summed E-state index contributed by atoms with van der Waals surface area (Å²) in [6, 6.07) is 7.75. The van der Waals surface area contributed by atoms with Gasteiger partial charge in [-0.25, -0.2) is 0 Å². The van der Waals surface area contributed by atoms with Gasteiger partial charge in [0.1, 0.15) is 5.75 Å². The number of hydrogen-bond acceptors (Lipinski definition) is 2. The Morgan fingerprint density at radius 1 is 1.13 bits per heavy atom. The van der Waals surface area contributed by atoms with Crippen LogP contribution in [0.5, 0.6) is 5.75 Å². The molecule has 1 atom stereocenters. The Balaban J connectivity index is 2.53. The highest BCUT2D eigenvalue weighted by Gasteiger charge is 2.05. The van der Waals surface area contributed by atoms with Gasteiger partial charge in [-0.1, -0.05) is 24.8 Å². The van der Waals surface area contributed by atoms with E-state index in [1.807, 2.05) is 45.0 Å². The maximum absolute atomic E-state index is 5.57. The van der Waals surface area contributed by atoms with Crippen LogP contribution < -0.4 is 4.74 Å². The fourth-order valence-corrected chi connectivity index (χ4v) is 1.29. The van der Waals surface area contributed by atoms with Crippen molar-refractivity contribution >= 4 is 6.08 Å². The Hall–Kier alpha value is -1.28. The lowest BCUT2D eigenvalue weighted by molar-refractivity contribution is -0.0950. The van der Waals surface area contributed by atoms with Crippen LogP contribution in [0, 0.1) is 0 Å². The van der Waals surface area contributed by atoms with E-state index in [1.54, 1.807) is 6.08 Å². The third-order valence-corrected chi connectivity index (χ3v) is 1.88. The molecule has 2 nitrogen and oxygen atoms in total. The second-order valence-electron chi connectivity index (χ2n) is 3.64. The number of rotatable bonds is 5. The summed E-state index contributed by atoms with van der Waals surface area (Å²) in [5, 5.41) is 0. The van der Waals surface area contributed by atoms with Gasteiger partial charge in [0.15, 0.2) is 6.29 Å². The van der Waals surface area contributed by atoms with Gasteiger partial charge >= 0.3 is 0 Å². The first-order valence-corrected chi connectivity index (χ1v) is 5.16. The molecule has 1 aromatic rings. The van der Waals surface area contributed by atoms with Crippen LogP contribution in [0.3, 0.4) is 0 Å². The molecule has 0 aliphatic rings. The SMILES string of the molecule is C=Cc1ccc(OC(C)OC(C)C)cc1. The molecule has 0 radical (unpaired) electrons. The number of benzene rings is 1. The smallest absolute Gasteiger partial charge is 0.197 e. The minimum absolute atomic E-state index is 0.174.